The molecule has 1 aliphatic rings. The Balaban J connectivity index is 2.20. The molecule has 1 heterocycles. The number of ether oxygens (including phenoxy) is 1. The fourth-order valence-corrected chi connectivity index (χ4v) is 2.12. The van der Waals surface area contributed by atoms with Gasteiger partial charge in [-0.05, 0) is 31.9 Å². The van der Waals surface area contributed by atoms with E-state index in [1.807, 2.05) is 6.92 Å². The van der Waals surface area contributed by atoms with E-state index in [4.69, 9.17) is 4.74 Å². The molecule has 0 saturated carbocycles. The lowest BCUT2D eigenvalue weighted by molar-refractivity contribution is -0.136. The van der Waals surface area contributed by atoms with Crippen molar-refractivity contribution in [1.82, 2.24) is 0 Å². The minimum atomic E-state index is -0.722. The van der Waals surface area contributed by atoms with Crippen LogP contribution in [0.4, 0.5) is 5.69 Å². The van der Waals surface area contributed by atoms with Gasteiger partial charge in [0.1, 0.15) is 11.4 Å². The van der Waals surface area contributed by atoms with Gasteiger partial charge in [0.15, 0.2) is 0 Å². The van der Waals surface area contributed by atoms with Gasteiger partial charge >= 0.3 is 0 Å². The van der Waals surface area contributed by atoms with E-state index in [-0.39, 0.29) is 11.7 Å². The van der Waals surface area contributed by atoms with Gasteiger partial charge in [0.2, 0.25) is 0 Å². The van der Waals surface area contributed by atoms with Crippen molar-refractivity contribution in [1.29, 1.82) is 0 Å². The monoisotopic (exact) mass is 235 g/mol. The van der Waals surface area contributed by atoms with Crippen molar-refractivity contribution in [2.45, 2.75) is 25.4 Å². The van der Waals surface area contributed by atoms with Crippen LogP contribution in [0.2, 0.25) is 0 Å². The molecule has 0 radical (unpaired) electrons. The summed E-state index contributed by atoms with van der Waals surface area (Å²) < 4.78 is 5.52. The SMILES string of the molecule is CN(C(=O)C1(C)CCCO1)c1cccc(O)c1. The van der Waals surface area contributed by atoms with Crippen molar-refractivity contribution in [3.63, 3.8) is 0 Å². The predicted octanol–water partition coefficient (Wildman–Crippen LogP) is 1.92. The minimum absolute atomic E-state index is 0.0689. The van der Waals surface area contributed by atoms with Gasteiger partial charge in [0.05, 0.1) is 0 Å². The second-order valence-electron chi connectivity index (χ2n) is 4.57. The molecule has 1 aliphatic heterocycles. The third-order valence-electron chi connectivity index (χ3n) is 3.19. The van der Waals surface area contributed by atoms with Crippen molar-refractivity contribution in [2.75, 3.05) is 18.6 Å². The normalized spacial score (nSPS) is 23.6. The molecule has 0 aromatic heterocycles. The van der Waals surface area contributed by atoms with Crippen LogP contribution < -0.4 is 4.90 Å². The Labute approximate surface area is 101 Å². The van der Waals surface area contributed by atoms with Gasteiger partial charge < -0.3 is 14.7 Å². The van der Waals surface area contributed by atoms with Crippen LogP contribution in [0.3, 0.4) is 0 Å². The minimum Gasteiger partial charge on any atom is -0.508 e. The van der Waals surface area contributed by atoms with Crippen LogP contribution in [0.1, 0.15) is 19.8 Å². The van der Waals surface area contributed by atoms with Gasteiger partial charge in [-0.1, -0.05) is 6.07 Å². The number of nitrogens with zero attached hydrogens (tertiary/aromatic N) is 1. The van der Waals surface area contributed by atoms with Crippen molar-refractivity contribution in [3.8, 4) is 5.75 Å². The number of carbonyl (C=O) groups is 1. The first-order valence-electron chi connectivity index (χ1n) is 5.74. The Morgan fingerprint density at radius 2 is 2.29 bits per heavy atom. The first-order chi connectivity index (χ1) is 8.03. The Morgan fingerprint density at radius 1 is 1.53 bits per heavy atom. The number of anilines is 1. The average molecular weight is 235 g/mol. The number of likely N-dealkylation sites (N-methyl/N-ethyl adjacent to an activating group) is 1. The average Bonchev–Trinajstić information content (AvgIpc) is 2.75. The van der Waals surface area contributed by atoms with E-state index in [2.05, 4.69) is 0 Å². The molecule has 92 valence electrons. The lowest BCUT2D eigenvalue weighted by Gasteiger charge is -2.28. The van der Waals surface area contributed by atoms with E-state index in [0.717, 1.165) is 12.8 Å². The van der Waals surface area contributed by atoms with E-state index in [1.54, 1.807) is 31.3 Å². The van der Waals surface area contributed by atoms with Crippen molar-refractivity contribution in [3.05, 3.63) is 24.3 Å². The molecule has 1 amide bonds. The number of aromatic hydroxyl groups is 1. The van der Waals surface area contributed by atoms with Crippen molar-refractivity contribution < 1.29 is 14.6 Å². The molecule has 1 saturated heterocycles. The summed E-state index contributed by atoms with van der Waals surface area (Å²) in [6.45, 7) is 2.46. The largest absolute Gasteiger partial charge is 0.508 e. The zero-order chi connectivity index (χ0) is 12.5. The summed E-state index contributed by atoms with van der Waals surface area (Å²) in [6.07, 6.45) is 1.66. The fraction of sp³-hybridized carbons (Fsp3) is 0.462. The Hall–Kier alpha value is -1.55. The molecule has 1 N–H and O–H groups in total. The molecular formula is C13H17NO3. The number of hydrogen-bond acceptors (Lipinski definition) is 3. The lowest BCUT2D eigenvalue weighted by atomic mass is 10.0. The van der Waals surface area contributed by atoms with E-state index >= 15 is 0 Å². The summed E-state index contributed by atoms with van der Waals surface area (Å²) >= 11 is 0. The Bertz CT molecular complexity index is 424. The van der Waals surface area contributed by atoms with E-state index in [9.17, 15) is 9.90 Å². The molecule has 1 atom stereocenters. The van der Waals surface area contributed by atoms with Crippen LogP contribution >= 0.6 is 0 Å². The first kappa shape index (κ1) is 11.9. The van der Waals surface area contributed by atoms with Gasteiger partial charge in [0, 0.05) is 25.4 Å². The molecule has 0 bridgehead atoms. The van der Waals surface area contributed by atoms with Gasteiger partial charge in [0.25, 0.3) is 5.91 Å². The highest BCUT2D eigenvalue weighted by atomic mass is 16.5. The Morgan fingerprint density at radius 3 is 2.88 bits per heavy atom. The number of phenols is 1. The molecule has 2 rings (SSSR count). The highest BCUT2D eigenvalue weighted by Gasteiger charge is 2.40. The van der Waals surface area contributed by atoms with Gasteiger partial charge in [-0.3, -0.25) is 4.79 Å². The predicted molar refractivity (Wildman–Crippen MR) is 65.1 cm³/mol. The van der Waals surface area contributed by atoms with Crippen LogP contribution in [0.15, 0.2) is 24.3 Å². The van der Waals surface area contributed by atoms with E-state index in [0.29, 0.717) is 12.3 Å². The number of rotatable bonds is 2. The molecule has 4 heteroatoms. The van der Waals surface area contributed by atoms with Crippen LogP contribution in [0.5, 0.6) is 5.75 Å². The third-order valence-corrected chi connectivity index (χ3v) is 3.19. The molecule has 17 heavy (non-hydrogen) atoms. The van der Waals surface area contributed by atoms with Crippen LogP contribution in [-0.2, 0) is 9.53 Å². The number of benzene rings is 1. The molecule has 0 spiro atoms. The smallest absolute Gasteiger partial charge is 0.258 e. The van der Waals surface area contributed by atoms with E-state index in [1.165, 1.54) is 4.90 Å². The summed E-state index contributed by atoms with van der Waals surface area (Å²) in [5, 5.41) is 9.40. The summed E-state index contributed by atoms with van der Waals surface area (Å²) in [7, 11) is 1.70. The van der Waals surface area contributed by atoms with Crippen LogP contribution in [0.25, 0.3) is 0 Å². The Kier molecular flexibility index (Phi) is 3.07. The van der Waals surface area contributed by atoms with Gasteiger partial charge in [-0.25, -0.2) is 0 Å². The number of amides is 1. The number of phenolic OH excluding ortho intramolecular Hbond substituents is 1. The van der Waals surface area contributed by atoms with Gasteiger partial charge in [-0.15, -0.1) is 0 Å². The maximum Gasteiger partial charge on any atom is 0.258 e. The van der Waals surface area contributed by atoms with Gasteiger partial charge in [-0.2, -0.15) is 0 Å². The molecule has 1 fully saturated rings. The lowest BCUT2D eigenvalue weighted by Crippen LogP contribution is -2.45. The zero-order valence-corrected chi connectivity index (χ0v) is 10.1. The second-order valence-corrected chi connectivity index (χ2v) is 4.57. The quantitative estimate of drug-likeness (QED) is 0.852. The maximum absolute atomic E-state index is 12.3. The molecule has 4 nitrogen and oxygen atoms in total. The zero-order valence-electron chi connectivity index (χ0n) is 10.1. The topological polar surface area (TPSA) is 49.8 Å². The van der Waals surface area contributed by atoms with E-state index < -0.39 is 5.60 Å². The molecule has 1 aromatic carbocycles. The third kappa shape index (κ3) is 2.26. The molecular weight excluding hydrogens is 218 g/mol. The van der Waals surface area contributed by atoms with Crippen molar-refractivity contribution in [2.24, 2.45) is 0 Å². The molecule has 1 unspecified atom stereocenters. The number of hydrogen-bond donors (Lipinski definition) is 1. The maximum atomic E-state index is 12.3. The standard InChI is InChI=1S/C13H17NO3/c1-13(7-4-8-17-13)12(16)14(2)10-5-3-6-11(15)9-10/h3,5-6,9,15H,4,7-8H2,1-2H3. The summed E-state index contributed by atoms with van der Waals surface area (Å²) in [5.41, 5.74) is -0.0491. The van der Waals surface area contributed by atoms with Crippen molar-refractivity contribution >= 4 is 11.6 Å². The fourth-order valence-electron chi connectivity index (χ4n) is 2.12. The van der Waals surface area contributed by atoms with Crippen LogP contribution in [-0.4, -0.2) is 30.3 Å². The highest BCUT2D eigenvalue weighted by molar-refractivity contribution is 5.99. The molecule has 1 aromatic rings. The van der Waals surface area contributed by atoms with Crippen LogP contribution in [0, 0.1) is 0 Å². The number of carbonyl (C=O) groups excluding carboxylic acids is 1. The summed E-state index contributed by atoms with van der Waals surface area (Å²) in [6, 6.07) is 6.65. The highest BCUT2D eigenvalue weighted by Crippen LogP contribution is 2.29. The second kappa shape index (κ2) is 4.37. The summed E-state index contributed by atoms with van der Waals surface area (Å²) in [5.74, 6) is 0.0836. The summed E-state index contributed by atoms with van der Waals surface area (Å²) in [4.78, 5) is 13.8. The molecule has 0 aliphatic carbocycles. The first-order valence-corrected chi connectivity index (χ1v) is 5.74.